The van der Waals surface area contributed by atoms with Crippen molar-refractivity contribution in [2.24, 2.45) is 0 Å². The molecule has 0 N–H and O–H groups in total. The van der Waals surface area contributed by atoms with E-state index in [9.17, 15) is 0 Å². The molecule has 170 valence electrons. The van der Waals surface area contributed by atoms with Gasteiger partial charge in [0.2, 0.25) is 0 Å². The highest BCUT2D eigenvalue weighted by molar-refractivity contribution is 7.99. The number of aryl methyl sites for hydroxylation is 2. The number of rotatable bonds is 0. The summed E-state index contributed by atoms with van der Waals surface area (Å²) >= 11 is 3.89. The van der Waals surface area contributed by atoms with Gasteiger partial charge in [-0.3, -0.25) is 0 Å². The normalized spacial score (nSPS) is 13.6. The summed E-state index contributed by atoms with van der Waals surface area (Å²) < 4.78 is 0. The van der Waals surface area contributed by atoms with E-state index in [2.05, 4.69) is 109 Å². The molecule has 0 spiro atoms. The molecule has 0 saturated heterocycles. The van der Waals surface area contributed by atoms with Crippen molar-refractivity contribution in [1.29, 1.82) is 0 Å². The Bertz CT molecular complexity index is 1610. The smallest absolute Gasteiger partial charge is 0.0406 e. The lowest BCUT2D eigenvalue weighted by Crippen LogP contribution is -1.91. The lowest BCUT2D eigenvalue weighted by molar-refractivity contribution is 1.14. The summed E-state index contributed by atoms with van der Waals surface area (Å²) in [6.07, 6.45) is 2.27. The standard InChI is InChI=1S/C34H22S2/c1-2-6-28-27(5-1)31(13-9-23-11-15-33-25(21-23)17-19-35-33)29-7-3-4-8-30(29)32(28)14-10-24-12-16-34-26(22-24)18-20-36-34/h1-8,11-12,15-16,21-22H,17-20H2. The second-order valence-corrected chi connectivity index (χ2v) is 11.5. The molecule has 7 rings (SSSR count). The Morgan fingerprint density at radius 1 is 0.472 bits per heavy atom. The maximum atomic E-state index is 3.56. The molecule has 2 heteroatoms. The number of hydrogen-bond donors (Lipinski definition) is 0. The predicted octanol–water partition coefficient (Wildman–Crippen LogP) is 8.09. The van der Waals surface area contributed by atoms with Crippen molar-refractivity contribution in [3.63, 3.8) is 0 Å². The Hall–Kier alpha value is -3.56. The molecule has 0 amide bonds. The SMILES string of the molecule is C(#Cc1c2ccccc2c(C#Cc2ccc3c(c2)CCS3)c2ccccc12)c1ccc2c(c1)CCS2. The van der Waals surface area contributed by atoms with Crippen LogP contribution in [-0.2, 0) is 12.8 Å². The topological polar surface area (TPSA) is 0 Å². The van der Waals surface area contributed by atoms with Gasteiger partial charge in [-0.25, -0.2) is 0 Å². The predicted molar refractivity (Wildman–Crippen MR) is 155 cm³/mol. The van der Waals surface area contributed by atoms with E-state index in [1.807, 2.05) is 23.5 Å². The first kappa shape index (κ1) is 21.7. The molecule has 0 bridgehead atoms. The second kappa shape index (κ2) is 9.15. The fraction of sp³-hybridized carbons (Fsp3) is 0.118. The van der Waals surface area contributed by atoms with Gasteiger partial charge >= 0.3 is 0 Å². The van der Waals surface area contributed by atoms with Crippen molar-refractivity contribution >= 4 is 45.1 Å². The molecule has 2 heterocycles. The van der Waals surface area contributed by atoms with Gasteiger partial charge in [-0.05, 0) is 81.9 Å². The molecule has 5 aromatic carbocycles. The maximum Gasteiger partial charge on any atom is 0.0406 e. The van der Waals surface area contributed by atoms with Gasteiger partial charge in [0.05, 0.1) is 0 Å². The van der Waals surface area contributed by atoms with Crippen LogP contribution in [-0.4, -0.2) is 11.5 Å². The van der Waals surface area contributed by atoms with E-state index in [4.69, 9.17) is 0 Å². The Morgan fingerprint density at radius 3 is 1.31 bits per heavy atom. The van der Waals surface area contributed by atoms with Gasteiger partial charge in [0.25, 0.3) is 0 Å². The van der Waals surface area contributed by atoms with Crippen LogP contribution in [0.3, 0.4) is 0 Å². The first-order valence-corrected chi connectivity index (χ1v) is 14.3. The average molecular weight is 495 g/mol. The summed E-state index contributed by atoms with van der Waals surface area (Å²) in [6, 6.07) is 30.4. The summed E-state index contributed by atoms with van der Waals surface area (Å²) in [6.45, 7) is 0. The van der Waals surface area contributed by atoms with Gasteiger partial charge in [-0.15, -0.1) is 23.5 Å². The van der Waals surface area contributed by atoms with E-state index < -0.39 is 0 Å². The first-order valence-electron chi connectivity index (χ1n) is 12.3. The van der Waals surface area contributed by atoms with E-state index in [-0.39, 0.29) is 0 Å². The van der Waals surface area contributed by atoms with Gasteiger partial charge < -0.3 is 0 Å². The molecule has 0 aliphatic carbocycles. The molecule has 0 nitrogen and oxygen atoms in total. The zero-order chi connectivity index (χ0) is 23.9. The highest BCUT2D eigenvalue weighted by Gasteiger charge is 2.14. The fourth-order valence-corrected chi connectivity index (χ4v) is 7.30. The van der Waals surface area contributed by atoms with Crippen LogP contribution in [0.5, 0.6) is 0 Å². The number of fused-ring (bicyclic) bond motifs is 4. The highest BCUT2D eigenvalue weighted by atomic mass is 32.2. The third-order valence-electron chi connectivity index (χ3n) is 6.97. The molecule has 0 saturated carbocycles. The lowest BCUT2D eigenvalue weighted by atomic mass is 9.91. The van der Waals surface area contributed by atoms with Crippen LogP contribution in [0.2, 0.25) is 0 Å². The summed E-state index contributed by atoms with van der Waals surface area (Å²) in [5, 5.41) is 4.65. The van der Waals surface area contributed by atoms with E-state index in [0.717, 1.165) is 56.6 Å². The van der Waals surface area contributed by atoms with Crippen molar-refractivity contribution < 1.29 is 0 Å². The van der Waals surface area contributed by atoms with Gasteiger partial charge in [0.15, 0.2) is 0 Å². The lowest BCUT2D eigenvalue weighted by Gasteiger charge is -2.10. The average Bonchev–Trinajstić information content (AvgIpc) is 3.59. The second-order valence-electron chi connectivity index (χ2n) is 9.18. The molecular formula is C34H22S2. The van der Waals surface area contributed by atoms with Crippen LogP contribution in [0, 0.1) is 23.7 Å². The Kier molecular flexibility index (Phi) is 5.51. The van der Waals surface area contributed by atoms with Gasteiger partial charge in [0, 0.05) is 43.6 Å². The largest absolute Gasteiger partial charge is 0.126 e. The van der Waals surface area contributed by atoms with Crippen LogP contribution in [0.4, 0.5) is 0 Å². The molecule has 5 aromatic rings. The molecular weight excluding hydrogens is 473 g/mol. The number of benzene rings is 5. The third-order valence-corrected chi connectivity index (χ3v) is 9.21. The Labute approximate surface area is 220 Å². The molecule has 0 radical (unpaired) electrons. The zero-order valence-electron chi connectivity index (χ0n) is 19.7. The van der Waals surface area contributed by atoms with E-state index in [1.165, 1.54) is 32.4 Å². The molecule has 36 heavy (non-hydrogen) atoms. The maximum absolute atomic E-state index is 3.56. The number of thioether (sulfide) groups is 2. The van der Waals surface area contributed by atoms with E-state index >= 15 is 0 Å². The van der Waals surface area contributed by atoms with Gasteiger partial charge in [-0.2, -0.15) is 0 Å². The summed E-state index contributed by atoms with van der Waals surface area (Å²) in [7, 11) is 0. The van der Waals surface area contributed by atoms with Crippen LogP contribution in [0.1, 0.15) is 33.4 Å². The minimum Gasteiger partial charge on any atom is -0.126 e. The van der Waals surface area contributed by atoms with Crippen molar-refractivity contribution in [1.82, 2.24) is 0 Å². The number of hydrogen-bond acceptors (Lipinski definition) is 2. The Balaban J connectivity index is 1.39. The summed E-state index contributed by atoms with van der Waals surface area (Å²) in [5.41, 5.74) is 7.19. The Morgan fingerprint density at radius 2 is 0.889 bits per heavy atom. The van der Waals surface area contributed by atoms with Gasteiger partial charge in [0.1, 0.15) is 0 Å². The molecule has 0 aromatic heterocycles. The monoisotopic (exact) mass is 494 g/mol. The van der Waals surface area contributed by atoms with Crippen molar-refractivity contribution in [3.8, 4) is 23.7 Å². The molecule has 2 aliphatic heterocycles. The fourth-order valence-electron chi connectivity index (χ4n) is 5.20. The summed E-state index contributed by atoms with van der Waals surface area (Å²) in [5.74, 6) is 16.4. The molecule has 2 aliphatic rings. The molecule has 0 atom stereocenters. The van der Waals surface area contributed by atoms with Crippen LogP contribution < -0.4 is 0 Å². The van der Waals surface area contributed by atoms with E-state index in [1.54, 1.807) is 0 Å². The van der Waals surface area contributed by atoms with Crippen LogP contribution >= 0.6 is 23.5 Å². The molecule has 0 unspecified atom stereocenters. The van der Waals surface area contributed by atoms with Crippen molar-refractivity contribution in [2.45, 2.75) is 22.6 Å². The van der Waals surface area contributed by atoms with Crippen LogP contribution in [0.25, 0.3) is 21.5 Å². The van der Waals surface area contributed by atoms with Gasteiger partial charge in [-0.1, -0.05) is 72.2 Å². The van der Waals surface area contributed by atoms with E-state index in [0.29, 0.717) is 0 Å². The minimum atomic E-state index is 1.08. The summed E-state index contributed by atoms with van der Waals surface area (Å²) in [4.78, 5) is 2.81. The zero-order valence-corrected chi connectivity index (χ0v) is 21.4. The minimum absolute atomic E-state index is 1.08. The molecule has 0 fully saturated rings. The third kappa shape index (κ3) is 3.88. The first-order chi connectivity index (χ1) is 17.8. The van der Waals surface area contributed by atoms with Crippen molar-refractivity contribution in [2.75, 3.05) is 11.5 Å². The quantitative estimate of drug-likeness (QED) is 0.158. The highest BCUT2D eigenvalue weighted by Crippen LogP contribution is 2.34. The van der Waals surface area contributed by atoms with Crippen molar-refractivity contribution in [3.05, 3.63) is 118 Å². The van der Waals surface area contributed by atoms with Crippen LogP contribution in [0.15, 0.2) is 94.7 Å².